The zero-order valence-corrected chi connectivity index (χ0v) is 11.8. The van der Waals surface area contributed by atoms with E-state index < -0.39 is 5.54 Å². The van der Waals surface area contributed by atoms with Crippen LogP contribution in [-0.4, -0.2) is 10.1 Å². The number of rotatable bonds is 3. The van der Waals surface area contributed by atoms with Crippen molar-refractivity contribution in [1.82, 2.24) is 10.1 Å². The highest BCUT2D eigenvalue weighted by Gasteiger charge is 2.34. The summed E-state index contributed by atoms with van der Waals surface area (Å²) in [6, 6.07) is 4.13. The molecule has 1 saturated carbocycles. The molecule has 5 heteroatoms. The van der Waals surface area contributed by atoms with Crippen molar-refractivity contribution in [2.75, 3.05) is 0 Å². The Morgan fingerprint density at radius 1 is 1.26 bits per heavy atom. The second-order valence-electron chi connectivity index (χ2n) is 5.34. The third kappa shape index (κ3) is 2.87. The summed E-state index contributed by atoms with van der Waals surface area (Å²) in [6.07, 6.45) is 7.46. The van der Waals surface area contributed by atoms with Crippen molar-refractivity contribution < 1.29 is 4.52 Å². The molecule has 19 heavy (non-hydrogen) atoms. The number of thiophene rings is 1. The van der Waals surface area contributed by atoms with Crippen molar-refractivity contribution in [3.05, 3.63) is 34.1 Å². The number of hydrogen-bond donors (Lipinski definition) is 1. The molecule has 1 aliphatic rings. The predicted molar refractivity (Wildman–Crippen MR) is 75.0 cm³/mol. The fourth-order valence-electron chi connectivity index (χ4n) is 2.67. The molecular weight excluding hydrogens is 258 g/mol. The Labute approximate surface area is 117 Å². The topological polar surface area (TPSA) is 64.9 Å². The van der Waals surface area contributed by atoms with Gasteiger partial charge in [0.15, 0.2) is 5.82 Å². The molecule has 2 heterocycles. The Hall–Kier alpha value is -1.20. The fourth-order valence-corrected chi connectivity index (χ4v) is 3.37. The molecule has 0 amide bonds. The quantitative estimate of drug-likeness (QED) is 0.875. The van der Waals surface area contributed by atoms with Crippen LogP contribution in [0.15, 0.2) is 22.0 Å². The predicted octanol–water partition coefficient (Wildman–Crippen LogP) is 3.23. The van der Waals surface area contributed by atoms with Crippen LogP contribution in [-0.2, 0) is 12.0 Å². The summed E-state index contributed by atoms with van der Waals surface area (Å²) >= 11 is 1.71. The highest BCUT2D eigenvalue weighted by Crippen LogP contribution is 2.32. The number of hydrogen-bond acceptors (Lipinski definition) is 5. The molecule has 2 aromatic rings. The molecule has 4 nitrogen and oxygen atoms in total. The van der Waals surface area contributed by atoms with Gasteiger partial charge in [0.2, 0.25) is 5.89 Å². The minimum absolute atomic E-state index is 0.406. The van der Waals surface area contributed by atoms with Gasteiger partial charge in [0, 0.05) is 11.3 Å². The van der Waals surface area contributed by atoms with Crippen LogP contribution < -0.4 is 5.73 Å². The van der Waals surface area contributed by atoms with Gasteiger partial charge in [-0.05, 0) is 24.3 Å². The second kappa shape index (κ2) is 5.43. The summed E-state index contributed by atoms with van der Waals surface area (Å²) in [5.74, 6) is 1.37. The molecule has 1 aliphatic carbocycles. The van der Waals surface area contributed by atoms with Gasteiger partial charge < -0.3 is 10.3 Å². The lowest BCUT2D eigenvalue weighted by atomic mass is 9.91. The van der Waals surface area contributed by atoms with Gasteiger partial charge in [0.05, 0.1) is 5.54 Å². The van der Waals surface area contributed by atoms with Crippen molar-refractivity contribution in [3.8, 4) is 0 Å². The van der Waals surface area contributed by atoms with Gasteiger partial charge in [0.1, 0.15) is 0 Å². The number of nitrogens with zero attached hydrogens (tertiary/aromatic N) is 2. The van der Waals surface area contributed by atoms with Crippen molar-refractivity contribution in [2.24, 2.45) is 5.73 Å². The molecule has 0 spiro atoms. The van der Waals surface area contributed by atoms with E-state index in [1.54, 1.807) is 11.3 Å². The minimum atomic E-state index is -0.406. The smallest absolute Gasteiger partial charge is 0.246 e. The first-order valence-electron chi connectivity index (χ1n) is 6.91. The van der Waals surface area contributed by atoms with Crippen molar-refractivity contribution >= 4 is 11.3 Å². The first-order valence-corrected chi connectivity index (χ1v) is 7.79. The molecule has 0 saturated heterocycles. The summed E-state index contributed by atoms with van der Waals surface area (Å²) in [5.41, 5.74) is 6.07. The molecule has 2 aromatic heterocycles. The van der Waals surface area contributed by atoms with E-state index in [-0.39, 0.29) is 0 Å². The third-order valence-corrected chi connectivity index (χ3v) is 4.68. The van der Waals surface area contributed by atoms with Crippen LogP contribution in [0.2, 0.25) is 0 Å². The molecule has 0 aliphatic heterocycles. The molecule has 3 rings (SSSR count). The van der Waals surface area contributed by atoms with E-state index in [0.717, 1.165) is 37.9 Å². The average molecular weight is 277 g/mol. The Kier molecular flexibility index (Phi) is 3.66. The van der Waals surface area contributed by atoms with E-state index >= 15 is 0 Å². The van der Waals surface area contributed by atoms with Gasteiger partial charge in [-0.2, -0.15) is 4.98 Å². The summed E-state index contributed by atoms with van der Waals surface area (Å²) < 4.78 is 5.43. The second-order valence-corrected chi connectivity index (χ2v) is 6.37. The van der Waals surface area contributed by atoms with Crippen molar-refractivity contribution in [1.29, 1.82) is 0 Å². The van der Waals surface area contributed by atoms with E-state index in [1.165, 1.54) is 17.7 Å². The summed E-state index contributed by atoms with van der Waals surface area (Å²) in [7, 11) is 0. The molecule has 102 valence electrons. The normalized spacial score (nSPS) is 19.2. The van der Waals surface area contributed by atoms with Crippen molar-refractivity contribution in [2.45, 2.75) is 50.5 Å². The maximum atomic E-state index is 6.47. The summed E-state index contributed by atoms with van der Waals surface area (Å²) in [6.45, 7) is 0. The van der Waals surface area contributed by atoms with Crippen LogP contribution in [0.4, 0.5) is 0 Å². The molecule has 0 atom stereocenters. The monoisotopic (exact) mass is 277 g/mol. The zero-order chi connectivity index (χ0) is 13.1. The molecule has 0 unspecified atom stereocenters. The summed E-state index contributed by atoms with van der Waals surface area (Å²) in [4.78, 5) is 5.78. The van der Waals surface area contributed by atoms with Gasteiger partial charge in [-0.15, -0.1) is 11.3 Å². The largest absolute Gasteiger partial charge is 0.337 e. The van der Waals surface area contributed by atoms with E-state index in [0.29, 0.717) is 5.89 Å². The lowest BCUT2D eigenvalue weighted by Gasteiger charge is -2.22. The van der Waals surface area contributed by atoms with Gasteiger partial charge in [-0.1, -0.05) is 36.9 Å². The maximum Gasteiger partial charge on any atom is 0.246 e. The van der Waals surface area contributed by atoms with Crippen LogP contribution in [0.3, 0.4) is 0 Å². The van der Waals surface area contributed by atoms with Crippen LogP contribution >= 0.6 is 11.3 Å². The molecular formula is C14H19N3OS. The summed E-state index contributed by atoms with van der Waals surface area (Å²) in [5, 5.41) is 6.14. The Balaban J connectivity index is 1.76. The van der Waals surface area contributed by atoms with Crippen LogP contribution in [0.5, 0.6) is 0 Å². The SMILES string of the molecule is NC1(c2nc(Cc3cccs3)no2)CCCCCC1. The number of aromatic nitrogens is 2. The first kappa shape index (κ1) is 12.8. The van der Waals surface area contributed by atoms with Crippen LogP contribution in [0.1, 0.15) is 55.1 Å². The third-order valence-electron chi connectivity index (χ3n) is 3.80. The van der Waals surface area contributed by atoms with Gasteiger partial charge in [0.25, 0.3) is 0 Å². The van der Waals surface area contributed by atoms with Gasteiger partial charge in [-0.25, -0.2) is 0 Å². The first-order chi connectivity index (χ1) is 9.26. The fraction of sp³-hybridized carbons (Fsp3) is 0.571. The Morgan fingerprint density at radius 2 is 2.05 bits per heavy atom. The van der Waals surface area contributed by atoms with Crippen LogP contribution in [0.25, 0.3) is 0 Å². The Morgan fingerprint density at radius 3 is 2.74 bits per heavy atom. The van der Waals surface area contributed by atoms with E-state index in [2.05, 4.69) is 21.6 Å². The maximum absolute atomic E-state index is 6.47. The molecule has 1 fully saturated rings. The Bertz CT molecular complexity index is 513. The minimum Gasteiger partial charge on any atom is -0.337 e. The average Bonchev–Trinajstić information content (AvgIpc) is 3.02. The molecule has 0 radical (unpaired) electrons. The zero-order valence-electron chi connectivity index (χ0n) is 11.0. The lowest BCUT2D eigenvalue weighted by Crippen LogP contribution is -2.36. The molecule has 0 aromatic carbocycles. The molecule has 2 N–H and O–H groups in total. The lowest BCUT2D eigenvalue weighted by molar-refractivity contribution is 0.256. The van der Waals surface area contributed by atoms with E-state index in [4.69, 9.17) is 10.3 Å². The van der Waals surface area contributed by atoms with Crippen LogP contribution in [0, 0.1) is 0 Å². The standard InChI is InChI=1S/C14H19N3OS/c15-14(7-3-1-2-4-8-14)13-16-12(17-18-13)10-11-6-5-9-19-11/h5-6,9H,1-4,7-8,10,15H2. The van der Waals surface area contributed by atoms with E-state index in [9.17, 15) is 0 Å². The van der Waals surface area contributed by atoms with Crippen molar-refractivity contribution in [3.63, 3.8) is 0 Å². The highest BCUT2D eigenvalue weighted by atomic mass is 32.1. The highest BCUT2D eigenvalue weighted by molar-refractivity contribution is 7.09. The molecule has 0 bridgehead atoms. The van der Waals surface area contributed by atoms with E-state index in [1.807, 2.05) is 6.07 Å². The van der Waals surface area contributed by atoms with Gasteiger partial charge in [-0.3, -0.25) is 0 Å². The van der Waals surface area contributed by atoms with Gasteiger partial charge >= 0.3 is 0 Å². The number of nitrogens with two attached hydrogens (primary N) is 1.